The first-order valence-corrected chi connectivity index (χ1v) is 8.58. The number of rotatable bonds is 3. The van der Waals surface area contributed by atoms with E-state index in [0.717, 1.165) is 16.2 Å². The summed E-state index contributed by atoms with van der Waals surface area (Å²) in [7, 11) is 0. The van der Waals surface area contributed by atoms with E-state index in [1.165, 1.54) is 0 Å². The van der Waals surface area contributed by atoms with Crippen LogP contribution in [0.5, 0.6) is 5.75 Å². The number of likely N-dealkylation sites (tertiary alicyclic amines) is 1. The second-order valence-corrected chi connectivity index (χ2v) is 6.63. The van der Waals surface area contributed by atoms with Crippen molar-refractivity contribution in [2.75, 3.05) is 13.1 Å². The zero-order chi connectivity index (χ0) is 19.6. The fourth-order valence-corrected chi connectivity index (χ4v) is 3.28. The molecule has 0 atom stereocenters. The molecular formula is C19H19F3N2O3. The number of aromatic hydroxyl groups is 1. The van der Waals surface area contributed by atoms with E-state index in [1.807, 2.05) is 12.1 Å². The summed E-state index contributed by atoms with van der Waals surface area (Å²) in [6.45, 7) is 0.531. The van der Waals surface area contributed by atoms with E-state index in [1.54, 1.807) is 17.0 Å². The van der Waals surface area contributed by atoms with Crippen LogP contribution in [-0.4, -0.2) is 33.6 Å². The van der Waals surface area contributed by atoms with Crippen molar-refractivity contribution in [3.05, 3.63) is 64.1 Å². The van der Waals surface area contributed by atoms with Gasteiger partial charge in [0.1, 0.15) is 12.3 Å². The monoisotopic (exact) mass is 380 g/mol. The highest BCUT2D eigenvalue weighted by Gasteiger charge is 2.31. The number of piperidine rings is 1. The molecule has 2 heterocycles. The van der Waals surface area contributed by atoms with Crippen molar-refractivity contribution < 1.29 is 23.1 Å². The first-order valence-electron chi connectivity index (χ1n) is 8.58. The van der Waals surface area contributed by atoms with Crippen LogP contribution < -0.4 is 5.56 Å². The molecule has 1 N–H and O–H groups in total. The third-order valence-corrected chi connectivity index (χ3v) is 4.83. The molecule has 0 radical (unpaired) electrons. The Hall–Kier alpha value is -2.77. The van der Waals surface area contributed by atoms with Gasteiger partial charge in [-0.15, -0.1) is 0 Å². The third kappa shape index (κ3) is 4.50. The molecule has 27 heavy (non-hydrogen) atoms. The Morgan fingerprint density at radius 3 is 2.30 bits per heavy atom. The Morgan fingerprint density at radius 2 is 1.70 bits per heavy atom. The average molecular weight is 380 g/mol. The molecule has 0 aliphatic carbocycles. The van der Waals surface area contributed by atoms with Crippen LogP contribution in [0.15, 0.2) is 47.4 Å². The predicted octanol–water partition coefficient (Wildman–Crippen LogP) is 2.98. The van der Waals surface area contributed by atoms with E-state index >= 15 is 0 Å². The summed E-state index contributed by atoms with van der Waals surface area (Å²) in [6, 6.07) is 8.47. The van der Waals surface area contributed by atoms with Crippen molar-refractivity contribution in [2.45, 2.75) is 31.5 Å². The highest BCUT2D eigenvalue weighted by molar-refractivity contribution is 5.76. The van der Waals surface area contributed by atoms with Gasteiger partial charge in [-0.1, -0.05) is 12.1 Å². The molecule has 3 rings (SSSR count). The fourth-order valence-electron chi connectivity index (χ4n) is 3.28. The van der Waals surface area contributed by atoms with Gasteiger partial charge in [-0.3, -0.25) is 9.59 Å². The molecule has 2 aromatic rings. The van der Waals surface area contributed by atoms with Gasteiger partial charge in [0.05, 0.1) is 5.56 Å². The SMILES string of the molecule is O=C(Cn1cc(C(F)(F)F)ccc1=O)N1CCC(c2ccc(O)cc2)CC1. The van der Waals surface area contributed by atoms with Crippen molar-refractivity contribution in [1.29, 1.82) is 0 Å². The zero-order valence-electron chi connectivity index (χ0n) is 14.4. The minimum atomic E-state index is -4.57. The van der Waals surface area contributed by atoms with Crippen molar-refractivity contribution in [3.8, 4) is 5.75 Å². The summed E-state index contributed by atoms with van der Waals surface area (Å²) in [4.78, 5) is 25.8. The Balaban J connectivity index is 1.63. The van der Waals surface area contributed by atoms with Gasteiger partial charge in [-0.25, -0.2) is 0 Å². The smallest absolute Gasteiger partial charge is 0.417 e. The van der Waals surface area contributed by atoms with Gasteiger partial charge >= 0.3 is 6.18 Å². The lowest BCUT2D eigenvalue weighted by molar-refractivity contribution is -0.139. The van der Waals surface area contributed by atoms with Crippen molar-refractivity contribution in [1.82, 2.24) is 9.47 Å². The molecule has 1 aromatic heterocycles. The molecule has 1 aliphatic heterocycles. The number of phenolic OH excluding ortho intramolecular Hbond substituents is 1. The van der Waals surface area contributed by atoms with E-state index in [4.69, 9.17) is 0 Å². The molecule has 0 unspecified atom stereocenters. The lowest BCUT2D eigenvalue weighted by atomic mass is 9.89. The molecule has 0 spiro atoms. The van der Waals surface area contributed by atoms with Gasteiger partial charge in [0.25, 0.3) is 5.56 Å². The minimum absolute atomic E-state index is 0.192. The Morgan fingerprint density at radius 1 is 1.07 bits per heavy atom. The van der Waals surface area contributed by atoms with E-state index in [9.17, 15) is 27.9 Å². The number of carbonyl (C=O) groups is 1. The number of halogens is 3. The summed E-state index contributed by atoms with van der Waals surface area (Å²) < 4.78 is 39.2. The van der Waals surface area contributed by atoms with Crippen molar-refractivity contribution >= 4 is 5.91 Å². The molecule has 1 aromatic carbocycles. The molecule has 1 fully saturated rings. The average Bonchev–Trinajstić information content (AvgIpc) is 2.63. The van der Waals surface area contributed by atoms with Gasteiger partial charge in [-0.05, 0) is 42.5 Å². The molecule has 1 amide bonds. The van der Waals surface area contributed by atoms with Crippen molar-refractivity contribution in [2.24, 2.45) is 0 Å². The first kappa shape index (κ1) is 19.0. The molecule has 144 valence electrons. The third-order valence-electron chi connectivity index (χ3n) is 4.83. The highest BCUT2D eigenvalue weighted by atomic mass is 19.4. The number of nitrogens with zero attached hydrogens (tertiary/aromatic N) is 2. The molecular weight excluding hydrogens is 361 g/mol. The normalized spacial score (nSPS) is 15.7. The van der Waals surface area contributed by atoms with Gasteiger partial charge < -0.3 is 14.6 Å². The summed E-state index contributed by atoms with van der Waals surface area (Å²) in [6.07, 6.45) is -2.45. The van der Waals surface area contributed by atoms with Crippen LogP contribution in [0.2, 0.25) is 0 Å². The van der Waals surface area contributed by atoms with Gasteiger partial charge in [0.15, 0.2) is 0 Å². The molecule has 8 heteroatoms. The van der Waals surface area contributed by atoms with E-state index in [-0.39, 0.29) is 17.6 Å². The van der Waals surface area contributed by atoms with Gasteiger partial charge in [0, 0.05) is 25.4 Å². The number of aromatic nitrogens is 1. The Bertz CT molecular complexity index is 867. The van der Waals surface area contributed by atoms with E-state index in [2.05, 4.69) is 0 Å². The van der Waals surface area contributed by atoms with Gasteiger partial charge in [0.2, 0.25) is 5.91 Å². The maximum Gasteiger partial charge on any atom is 0.417 e. The van der Waals surface area contributed by atoms with Crippen LogP contribution in [0.4, 0.5) is 13.2 Å². The summed E-state index contributed by atoms with van der Waals surface area (Å²) in [5, 5.41) is 9.35. The highest BCUT2D eigenvalue weighted by Crippen LogP contribution is 2.30. The molecule has 0 saturated carbocycles. The van der Waals surface area contributed by atoms with Crippen LogP contribution in [0.3, 0.4) is 0 Å². The second kappa shape index (κ2) is 7.46. The number of amides is 1. The van der Waals surface area contributed by atoms with Crippen LogP contribution in [0.1, 0.15) is 29.9 Å². The number of hydrogen-bond acceptors (Lipinski definition) is 3. The quantitative estimate of drug-likeness (QED) is 0.891. The predicted molar refractivity (Wildman–Crippen MR) is 92.4 cm³/mol. The second-order valence-electron chi connectivity index (χ2n) is 6.63. The largest absolute Gasteiger partial charge is 0.508 e. The number of alkyl halides is 3. The van der Waals surface area contributed by atoms with Crippen LogP contribution in [-0.2, 0) is 17.5 Å². The fraction of sp³-hybridized carbons (Fsp3) is 0.368. The summed E-state index contributed by atoms with van der Waals surface area (Å²) in [5.41, 5.74) is -0.523. The lowest BCUT2D eigenvalue weighted by Crippen LogP contribution is -2.41. The zero-order valence-corrected chi connectivity index (χ0v) is 14.4. The Labute approximate surface area is 153 Å². The molecule has 1 saturated heterocycles. The maximum atomic E-state index is 12.8. The van der Waals surface area contributed by atoms with Gasteiger partial charge in [-0.2, -0.15) is 13.2 Å². The summed E-state index contributed by atoms with van der Waals surface area (Å²) >= 11 is 0. The standard InChI is InChI=1S/C19H19F3N2O3/c20-19(21,22)15-3-6-17(26)24(11-15)12-18(27)23-9-7-14(8-10-23)13-1-4-16(25)5-2-13/h1-6,11,14,25H,7-10,12H2. The van der Waals surface area contributed by atoms with Crippen LogP contribution >= 0.6 is 0 Å². The van der Waals surface area contributed by atoms with Crippen molar-refractivity contribution in [3.63, 3.8) is 0 Å². The van der Waals surface area contributed by atoms with Crippen LogP contribution in [0, 0.1) is 0 Å². The van der Waals surface area contributed by atoms with Crippen LogP contribution in [0.25, 0.3) is 0 Å². The number of pyridine rings is 1. The Kier molecular flexibility index (Phi) is 5.25. The number of phenols is 1. The summed E-state index contributed by atoms with van der Waals surface area (Å²) in [5.74, 6) is 0.0735. The first-order chi connectivity index (χ1) is 12.7. The number of hydrogen-bond donors (Lipinski definition) is 1. The van der Waals surface area contributed by atoms with E-state index < -0.39 is 23.8 Å². The topological polar surface area (TPSA) is 62.5 Å². The van der Waals surface area contributed by atoms with E-state index in [0.29, 0.717) is 38.2 Å². The minimum Gasteiger partial charge on any atom is -0.508 e. The molecule has 5 nitrogen and oxygen atoms in total. The molecule has 1 aliphatic rings. The molecule has 0 bridgehead atoms. The number of benzene rings is 1. The lowest BCUT2D eigenvalue weighted by Gasteiger charge is -2.32. The maximum absolute atomic E-state index is 12.8. The number of carbonyl (C=O) groups excluding carboxylic acids is 1.